The minimum absolute atomic E-state index is 0.124. The second-order valence-electron chi connectivity index (χ2n) is 5.46. The molecule has 0 aromatic carbocycles. The maximum absolute atomic E-state index is 11.3. The largest absolute Gasteiger partial charge is 0.377 e. The number of hydrogen-bond acceptors (Lipinski definition) is 2. The normalized spacial score (nSPS) is 13.2. The molecule has 0 saturated heterocycles. The number of ether oxygens (including phenoxy) is 1. The Morgan fingerprint density at radius 2 is 1.71 bits per heavy atom. The molecule has 1 amide bonds. The van der Waals surface area contributed by atoms with E-state index in [9.17, 15) is 4.79 Å². The standard InChI is InChI=1S/C14H29NO2/c1-11(2)7-8-13(5)17-10-9-15(12(3)4)14(6)16/h11-13H,7-10H2,1-6H3. The Morgan fingerprint density at radius 1 is 1.12 bits per heavy atom. The summed E-state index contributed by atoms with van der Waals surface area (Å²) in [5, 5.41) is 0. The second-order valence-corrected chi connectivity index (χ2v) is 5.46. The molecule has 3 heteroatoms. The van der Waals surface area contributed by atoms with Gasteiger partial charge in [0.15, 0.2) is 0 Å². The van der Waals surface area contributed by atoms with Crippen LogP contribution in [0.2, 0.25) is 0 Å². The first-order valence-corrected chi connectivity index (χ1v) is 6.73. The van der Waals surface area contributed by atoms with Gasteiger partial charge < -0.3 is 9.64 Å². The Bertz CT molecular complexity index is 214. The molecular formula is C14H29NO2. The first-order valence-electron chi connectivity index (χ1n) is 6.73. The zero-order chi connectivity index (χ0) is 13.4. The predicted molar refractivity (Wildman–Crippen MR) is 72.0 cm³/mol. The lowest BCUT2D eigenvalue weighted by Gasteiger charge is -2.26. The van der Waals surface area contributed by atoms with Crippen molar-refractivity contribution in [2.75, 3.05) is 13.2 Å². The van der Waals surface area contributed by atoms with Crippen molar-refractivity contribution >= 4 is 5.91 Å². The number of carbonyl (C=O) groups is 1. The highest BCUT2D eigenvalue weighted by atomic mass is 16.5. The van der Waals surface area contributed by atoms with Gasteiger partial charge >= 0.3 is 0 Å². The molecule has 17 heavy (non-hydrogen) atoms. The van der Waals surface area contributed by atoms with Crippen LogP contribution >= 0.6 is 0 Å². The van der Waals surface area contributed by atoms with Gasteiger partial charge in [-0.25, -0.2) is 0 Å². The maximum atomic E-state index is 11.3. The van der Waals surface area contributed by atoms with Crippen LogP contribution in [0.3, 0.4) is 0 Å². The Kier molecular flexibility index (Phi) is 8.23. The minimum atomic E-state index is 0.124. The summed E-state index contributed by atoms with van der Waals surface area (Å²) in [7, 11) is 0. The van der Waals surface area contributed by atoms with Crippen molar-refractivity contribution in [2.45, 2.75) is 66.5 Å². The average Bonchev–Trinajstić information content (AvgIpc) is 2.20. The van der Waals surface area contributed by atoms with Crippen molar-refractivity contribution in [1.82, 2.24) is 4.90 Å². The van der Waals surface area contributed by atoms with E-state index in [1.807, 2.05) is 18.7 Å². The number of amides is 1. The van der Waals surface area contributed by atoms with Crippen molar-refractivity contribution < 1.29 is 9.53 Å². The molecule has 0 aliphatic carbocycles. The lowest BCUT2D eigenvalue weighted by molar-refractivity contribution is -0.131. The Hall–Kier alpha value is -0.570. The van der Waals surface area contributed by atoms with Crippen LogP contribution in [0.4, 0.5) is 0 Å². The van der Waals surface area contributed by atoms with Gasteiger partial charge in [-0.1, -0.05) is 13.8 Å². The number of hydrogen-bond donors (Lipinski definition) is 0. The molecule has 0 spiro atoms. The molecule has 1 unspecified atom stereocenters. The van der Waals surface area contributed by atoms with E-state index in [0.29, 0.717) is 19.3 Å². The van der Waals surface area contributed by atoms with Gasteiger partial charge in [-0.3, -0.25) is 4.79 Å². The SMILES string of the molecule is CC(=O)N(CCOC(C)CCC(C)C)C(C)C. The van der Waals surface area contributed by atoms with Gasteiger partial charge in [0, 0.05) is 19.5 Å². The van der Waals surface area contributed by atoms with E-state index < -0.39 is 0 Å². The van der Waals surface area contributed by atoms with Gasteiger partial charge in [-0.2, -0.15) is 0 Å². The molecule has 0 aliphatic rings. The summed E-state index contributed by atoms with van der Waals surface area (Å²) in [6, 6.07) is 0.252. The number of nitrogens with zero attached hydrogens (tertiary/aromatic N) is 1. The third-order valence-electron chi connectivity index (χ3n) is 2.91. The minimum Gasteiger partial charge on any atom is -0.377 e. The van der Waals surface area contributed by atoms with Gasteiger partial charge in [-0.15, -0.1) is 0 Å². The van der Waals surface area contributed by atoms with Crippen LogP contribution in [-0.4, -0.2) is 36.1 Å². The molecule has 0 radical (unpaired) electrons. The van der Waals surface area contributed by atoms with Crippen LogP contribution in [0.5, 0.6) is 0 Å². The monoisotopic (exact) mass is 243 g/mol. The van der Waals surface area contributed by atoms with E-state index in [1.165, 1.54) is 6.42 Å². The van der Waals surface area contributed by atoms with Gasteiger partial charge in [-0.05, 0) is 39.5 Å². The first kappa shape index (κ1) is 16.4. The van der Waals surface area contributed by atoms with Crippen molar-refractivity contribution in [2.24, 2.45) is 5.92 Å². The van der Waals surface area contributed by atoms with Gasteiger partial charge in [0.05, 0.1) is 12.7 Å². The molecule has 0 aliphatic heterocycles. The zero-order valence-corrected chi connectivity index (χ0v) is 12.3. The fraction of sp³-hybridized carbons (Fsp3) is 0.929. The van der Waals surface area contributed by atoms with Crippen LogP contribution in [0.15, 0.2) is 0 Å². The lowest BCUT2D eigenvalue weighted by atomic mass is 10.1. The molecule has 0 aromatic heterocycles. The Morgan fingerprint density at radius 3 is 2.12 bits per heavy atom. The lowest BCUT2D eigenvalue weighted by Crippen LogP contribution is -2.38. The van der Waals surface area contributed by atoms with Crippen molar-refractivity contribution in [3.05, 3.63) is 0 Å². The first-order chi connectivity index (χ1) is 7.84. The molecule has 0 N–H and O–H groups in total. The van der Waals surface area contributed by atoms with Crippen molar-refractivity contribution in [3.63, 3.8) is 0 Å². The fourth-order valence-electron chi connectivity index (χ4n) is 1.78. The average molecular weight is 243 g/mol. The molecule has 102 valence electrons. The van der Waals surface area contributed by atoms with E-state index in [0.717, 1.165) is 12.3 Å². The smallest absolute Gasteiger partial charge is 0.219 e. The molecule has 0 bridgehead atoms. The molecule has 3 nitrogen and oxygen atoms in total. The number of carbonyl (C=O) groups excluding carboxylic acids is 1. The van der Waals surface area contributed by atoms with E-state index in [-0.39, 0.29) is 11.9 Å². The third-order valence-corrected chi connectivity index (χ3v) is 2.91. The van der Waals surface area contributed by atoms with Crippen LogP contribution in [0.25, 0.3) is 0 Å². The summed E-state index contributed by atoms with van der Waals surface area (Å²) >= 11 is 0. The highest BCUT2D eigenvalue weighted by Gasteiger charge is 2.12. The highest BCUT2D eigenvalue weighted by Crippen LogP contribution is 2.09. The quantitative estimate of drug-likeness (QED) is 0.655. The summed E-state index contributed by atoms with van der Waals surface area (Å²) < 4.78 is 5.73. The fourth-order valence-corrected chi connectivity index (χ4v) is 1.78. The van der Waals surface area contributed by atoms with E-state index in [4.69, 9.17) is 4.74 Å². The van der Waals surface area contributed by atoms with Gasteiger partial charge in [0.2, 0.25) is 5.91 Å². The zero-order valence-electron chi connectivity index (χ0n) is 12.3. The molecular weight excluding hydrogens is 214 g/mol. The van der Waals surface area contributed by atoms with Crippen molar-refractivity contribution in [1.29, 1.82) is 0 Å². The molecule has 1 atom stereocenters. The predicted octanol–water partition coefficient (Wildman–Crippen LogP) is 3.08. The summed E-state index contributed by atoms with van der Waals surface area (Å²) in [5.41, 5.74) is 0. The topological polar surface area (TPSA) is 29.5 Å². The molecule has 0 aromatic rings. The van der Waals surface area contributed by atoms with Crippen LogP contribution < -0.4 is 0 Å². The van der Waals surface area contributed by atoms with E-state index in [2.05, 4.69) is 20.8 Å². The molecule has 0 heterocycles. The summed E-state index contributed by atoms with van der Waals surface area (Å²) in [6.07, 6.45) is 2.58. The van der Waals surface area contributed by atoms with Gasteiger partial charge in [0.1, 0.15) is 0 Å². The van der Waals surface area contributed by atoms with Crippen molar-refractivity contribution in [3.8, 4) is 0 Å². The second kappa shape index (κ2) is 8.51. The van der Waals surface area contributed by atoms with E-state index in [1.54, 1.807) is 6.92 Å². The molecule has 0 rings (SSSR count). The van der Waals surface area contributed by atoms with Crippen LogP contribution in [-0.2, 0) is 9.53 Å². The van der Waals surface area contributed by atoms with Gasteiger partial charge in [0.25, 0.3) is 0 Å². The highest BCUT2D eigenvalue weighted by molar-refractivity contribution is 5.73. The maximum Gasteiger partial charge on any atom is 0.219 e. The Labute approximate surface area is 107 Å². The van der Waals surface area contributed by atoms with Crippen LogP contribution in [0, 0.1) is 5.92 Å². The summed E-state index contributed by atoms with van der Waals surface area (Å²) in [6.45, 7) is 13.6. The third kappa shape index (κ3) is 8.19. The number of rotatable bonds is 8. The Balaban J connectivity index is 3.77. The summed E-state index contributed by atoms with van der Waals surface area (Å²) in [4.78, 5) is 13.2. The van der Waals surface area contributed by atoms with E-state index >= 15 is 0 Å². The summed E-state index contributed by atoms with van der Waals surface area (Å²) in [5.74, 6) is 0.851. The van der Waals surface area contributed by atoms with Crippen LogP contribution in [0.1, 0.15) is 54.4 Å². The molecule has 0 fully saturated rings. The molecule has 0 saturated carbocycles.